The standard InChI is InChI=1S/C6H6.C3H3NO4S/c1-2-4-6-5-3-1;5-9(6,7)3-4-1-2-8-3/h1-6H;1-2H,(H,5,6,7). The molecule has 0 saturated heterocycles. The molecule has 5 nitrogen and oxygen atoms in total. The van der Waals surface area contributed by atoms with Crippen molar-refractivity contribution in [2.24, 2.45) is 0 Å². The van der Waals surface area contributed by atoms with E-state index in [-0.39, 0.29) is 0 Å². The summed E-state index contributed by atoms with van der Waals surface area (Å²) in [5, 5.41) is -0.678. The van der Waals surface area contributed by atoms with E-state index < -0.39 is 15.3 Å². The second-order valence-corrected chi connectivity index (χ2v) is 3.73. The summed E-state index contributed by atoms with van der Waals surface area (Å²) in [7, 11) is -4.24. The highest BCUT2D eigenvalue weighted by molar-refractivity contribution is 7.85. The number of benzene rings is 1. The molecule has 0 spiro atoms. The van der Waals surface area contributed by atoms with Crippen LogP contribution in [-0.2, 0) is 10.1 Å². The minimum absolute atomic E-state index is 0.678. The summed E-state index contributed by atoms with van der Waals surface area (Å²) in [4.78, 5) is 3.18. The number of hydrogen-bond acceptors (Lipinski definition) is 4. The lowest BCUT2D eigenvalue weighted by Crippen LogP contribution is -1.96. The molecule has 0 bridgehead atoms. The van der Waals surface area contributed by atoms with Gasteiger partial charge in [0.25, 0.3) is 0 Å². The van der Waals surface area contributed by atoms with Gasteiger partial charge >= 0.3 is 15.3 Å². The number of oxazole rings is 1. The van der Waals surface area contributed by atoms with Gasteiger partial charge in [-0.05, 0) is 0 Å². The fourth-order valence-corrected chi connectivity index (χ4v) is 1.09. The van der Waals surface area contributed by atoms with E-state index in [1.807, 2.05) is 36.4 Å². The van der Waals surface area contributed by atoms with E-state index in [4.69, 9.17) is 4.55 Å². The maximum Gasteiger partial charge on any atom is 0.347 e. The zero-order valence-corrected chi connectivity index (χ0v) is 8.46. The predicted molar refractivity (Wildman–Crippen MR) is 52.8 cm³/mol. The molecular formula is C9H9NO4S. The van der Waals surface area contributed by atoms with E-state index in [0.29, 0.717) is 0 Å². The van der Waals surface area contributed by atoms with Crippen LogP contribution in [0.25, 0.3) is 0 Å². The topological polar surface area (TPSA) is 80.4 Å². The Bertz CT molecular complexity index is 437. The van der Waals surface area contributed by atoms with Crippen molar-refractivity contribution in [2.45, 2.75) is 5.22 Å². The number of nitrogens with zero attached hydrogens (tertiary/aromatic N) is 1. The van der Waals surface area contributed by atoms with Crippen LogP contribution in [0.15, 0.2) is 58.5 Å². The van der Waals surface area contributed by atoms with Crippen LogP contribution >= 0.6 is 0 Å². The Balaban J connectivity index is 0.000000162. The zero-order chi connectivity index (χ0) is 11.1. The molecule has 0 unspecified atom stereocenters. The summed E-state index contributed by atoms with van der Waals surface area (Å²) in [5.41, 5.74) is 0. The number of aromatic nitrogens is 1. The summed E-state index contributed by atoms with van der Waals surface area (Å²) in [5.74, 6) is 0. The van der Waals surface area contributed by atoms with Crippen LogP contribution < -0.4 is 0 Å². The fraction of sp³-hybridized carbons (Fsp3) is 0. The van der Waals surface area contributed by atoms with E-state index in [9.17, 15) is 8.42 Å². The lowest BCUT2D eigenvalue weighted by molar-refractivity contribution is 0.391. The van der Waals surface area contributed by atoms with E-state index in [2.05, 4.69) is 9.40 Å². The molecular weight excluding hydrogens is 218 g/mol. The lowest BCUT2D eigenvalue weighted by Gasteiger charge is -1.82. The maximum atomic E-state index is 10.1. The SMILES string of the molecule is O=S(=O)(O)c1ncco1.c1ccccc1. The van der Waals surface area contributed by atoms with Crippen molar-refractivity contribution in [1.29, 1.82) is 0 Å². The van der Waals surface area contributed by atoms with Gasteiger partial charge in [0.15, 0.2) is 0 Å². The maximum absolute atomic E-state index is 10.1. The Kier molecular flexibility index (Phi) is 4.02. The van der Waals surface area contributed by atoms with E-state index >= 15 is 0 Å². The summed E-state index contributed by atoms with van der Waals surface area (Å²) in [6.07, 6.45) is 2.19. The summed E-state index contributed by atoms with van der Waals surface area (Å²) in [6.45, 7) is 0. The van der Waals surface area contributed by atoms with Gasteiger partial charge in [0.05, 0.1) is 6.20 Å². The molecule has 15 heavy (non-hydrogen) atoms. The molecule has 0 aliphatic carbocycles. The molecule has 0 atom stereocenters. The van der Waals surface area contributed by atoms with Crippen molar-refractivity contribution in [1.82, 2.24) is 4.98 Å². The van der Waals surface area contributed by atoms with Crippen LogP contribution in [0.5, 0.6) is 0 Å². The first-order valence-electron chi connectivity index (χ1n) is 3.97. The molecule has 1 aromatic heterocycles. The van der Waals surface area contributed by atoms with Crippen LogP contribution in [-0.4, -0.2) is 18.0 Å². The molecule has 0 amide bonds. The molecule has 2 aromatic rings. The predicted octanol–water partition coefficient (Wildman–Crippen LogP) is 1.61. The molecule has 0 saturated carbocycles. The first kappa shape index (κ1) is 11.4. The summed E-state index contributed by atoms with van der Waals surface area (Å²) in [6, 6.07) is 12.0. The highest BCUT2D eigenvalue weighted by Crippen LogP contribution is 2.01. The molecule has 80 valence electrons. The first-order chi connectivity index (χ1) is 7.11. The molecule has 0 radical (unpaired) electrons. The Morgan fingerprint density at radius 1 is 1.07 bits per heavy atom. The van der Waals surface area contributed by atoms with Gasteiger partial charge in [0.1, 0.15) is 6.26 Å². The van der Waals surface area contributed by atoms with Gasteiger partial charge in [-0.1, -0.05) is 36.4 Å². The third kappa shape index (κ3) is 4.39. The smallest absolute Gasteiger partial charge is 0.347 e. The Labute approximate surface area is 87.1 Å². The van der Waals surface area contributed by atoms with Crippen LogP contribution in [0.3, 0.4) is 0 Å². The van der Waals surface area contributed by atoms with Gasteiger partial charge in [-0.15, -0.1) is 0 Å². The van der Waals surface area contributed by atoms with Gasteiger partial charge in [0, 0.05) is 0 Å². The van der Waals surface area contributed by atoms with Crippen molar-refractivity contribution in [2.75, 3.05) is 0 Å². The molecule has 1 heterocycles. The Morgan fingerprint density at radius 3 is 1.73 bits per heavy atom. The van der Waals surface area contributed by atoms with E-state index in [1.165, 1.54) is 0 Å². The Hall–Kier alpha value is -1.66. The fourth-order valence-electron chi connectivity index (χ4n) is 0.723. The highest BCUT2D eigenvalue weighted by Gasteiger charge is 2.13. The van der Waals surface area contributed by atoms with Gasteiger partial charge in [-0.25, -0.2) is 4.98 Å². The van der Waals surface area contributed by atoms with Crippen LogP contribution in [0.4, 0.5) is 0 Å². The summed E-state index contributed by atoms with van der Waals surface area (Å²) < 4.78 is 32.6. The molecule has 0 aliphatic rings. The minimum Gasteiger partial charge on any atom is -0.435 e. The van der Waals surface area contributed by atoms with Crippen LogP contribution in [0.2, 0.25) is 0 Å². The second kappa shape index (κ2) is 5.28. The minimum atomic E-state index is -4.24. The van der Waals surface area contributed by atoms with E-state index in [1.54, 1.807) is 0 Å². The molecule has 0 aliphatic heterocycles. The first-order valence-corrected chi connectivity index (χ1v) is 5.42. The number of rotatable bonds is 1. The third-order valence-electron chi connectivity index (χ3n) is 1.30. The third-order valence-corrected chi connectivity index (χ3v) is 1.94. The van der Waals surface area contributed by atoms with Crippen molar-refractivity contribution in [3.8, 4) is 0 Å². The Morgan fingerprint density at radius 2 is 1.53 bits per heavy atom. The molecule has 6 heteroatoms. The van der Waals surface area contributed by atoms with Gasteiger partial charge < -0.3 is 4.42 Å². The van der Waals surface area contributed by atoms with Gasteiger partial charge in [-0.2, -0.15) is 8.42 Å². The van der Waals surface area contributed by atoms with E-state index in [0.717, 1.165) is 12.5 Å². The van der Waals surface area contributed by atoms with Crippen LogP contribution in [0, 0.1) is 0 Å². The highest BCUT2D eigenvalue weighted by atomic mass is 32.2. The van der Waals surface area contributed by atoms with Gasteiger partial charge in [-0.3, -0.25) is 4.55 Å². The average molecular weight is 227 g/mol. The van der Waals surface area contributed by atoms with Crippen molar-refractivity contribution >= 4 is 10.1 Å². The molecule has 1 aromatic carbocycles. The van der Waals surface area contributed by atoms with Crippen LogP contribution in [0.1, 0.15) is 0 Å². The largest absolute Gasteiger partial charge is 0.435 e. The normalized spacial score (nSPS) is 10.2. The number of hydrogen-bond donors (Lipinski definition) is 1. The monoisotopic (exact) mass is 227 g/mol. The second-order valence-electron chi connectivity index (χ2n) is 2.43. The lowest BCUT2D eigenvalue weighted by atomic mass is 10.4. The van der Waals surface area contributed by atoms with Crippen molar-refractivity contribution in [3.63, 3.8) is 0 Å². The molecule has 2 rings (SSSR count). The quantitative estimate of drug-likeness (QED) is 0.748. The zero-order valence-electron chi connectivity index (χ0n) is 7.65. The van der Waals surface area contributed by atoms with Crippen molar-refractivity contribution in [3.05, 3.63) is 48.9 Å². The van der Waals surface area contributed by atoms with Gasteiger partial charge in [0.2, 0.25) is 0 Å². The molecule has 0 fully saturated rings. The average Bonchev–Trinajstić information content (AvgIpc) is 2.73. The van der Waals surface area contributed by atoms with Crippen molar-refractivity contribution < 1.29 is 17.4 Å². The summed E-state index contributed by atoms with van der Waals surface area (Å²) >= 11 is 0. The molecule has 1 N–H and O–H groups in total.